The van der Waals surface area contributed by atoms with Crippen molar-refractivity contribution in [3.05, 3.63) is 95.9 Å². The van der Waals surface area contributed by atoms with Crippen LogP contribution in [0.4, 0.5) is 0 Å². The Labute approximate surface area is 150 Å². The zero-order chi connectivity index (χ0) is 17.3. The first-order valence-electron chi connectivity index (χ1n) is 8.50. The van der Waals surface area contributed by atoms with Crippen molar-refractivity contribution in [2.45, 2.75) is 0 Å². The van der Waals surface area contributed by atoms with Crippen LogP contribution in [0.5, 0.6) is 0 Å². The molecule has 0 unspecified atom stereocenters. The molecule has 0 spiro atoms. The predicted octanol–water partition coefficient (Wildman–Crippen LogP) is 2.96. The van der Waals surface area contributed by atoms with Crippen molar-refractivity contribution in [1.82, 2.24) is 19.1 Å². The Morgan fingerprint density at radius 2 is 0.962 bits per heavy atom. The molecule has 5 rings (SSSR count). The monoisotopic (exact) mass is 336 g/mol. The number of hydrogen-bond acceptors (Lipinski definition) is 2. The number of rotatable bonds is 2. The number of para-hydroxylation sites is 4. The maximum atomic E-state index is 4.43. The van der Waals surface area contributed by atoms with Crippen LogP contribution in [0.3, 0.4) is 0 Å². The quantitative estimate of drug-likeness (QED) is 0.497. The van der Waals surface area contributed by atoms with Gasteiger partial charge in [-0.1, -0.05) is 48.5 Å². The topological polar surface area (TPSA) is 35.6 Å². The fourth-order valence-electron chi connectivity index (χ4n) is 3.15. The Balaban J connectivity index is 1.54. The third kappa shape index (κ3) is 2.58. The van der Waals surface area contributed by atoms with E-state index in [0.717, 1.165) is 32.5 Å². The van der Waals surface area contributed by atoms with Crippen molar-refractivity contribution in [2.24, 2.45) is 0 Å². The highest BCUT2D eigenvalue weighted by molar-refractivity contribution is 5.77. The molecule has 0 aliphatic rings. The van der Waals surface area contributed by atoms with Crippen molar-refractivity contribution < 1.29 is 0 Å². The SMILES string of the molecule is C(=c1ccc(=Cn2cnc3ccccc32)cc1)n1cnc2ccccc21. The van der Waals surface area contributed by atoms with Crippen LogP contribution >= 0.6 is 0 Å². The first kappa shape index (κ1) is 14.7. The molecule has 0 saturated carbocycles. The summed E-state index contributed by atoms with van der Waals surface area (Å²) in [4.78, 5) is 8.85. The molecule has 4 heteroatoms. The van der Waals surface area contributed by atoms with Crippen LogP contribution in [0.15, 0.2) is 85.5 Å². The summed E-state index contributed by atoms with van der Waals surface area (Å²) in [6.07, 6.45) is 7.88. The van der Waals surface area contributed by atoms with E-state index in [-0.39, 0.29) is 0 Å². The van der Waals surface area contributed by atoms with E-state index >= 15 is 0 Å². The second kappa shape index (κ2) is 6.01. The molecule has 26 heavy (non-hydrogen) atoms. The minimum Gasteiger partial charge on any atom is -0.305 e. The van der Waals surface area contributed by atoms with Gasteiger partial charge in [0.1, 0.15) is 0 Å². The van der Waals surface area contributed by atoms with Crippen molar-refractivity contribution in [3.8, 4) is 0 Å². The third-order valence-corrected chi connectivity index (χ3v) is 4.48. The maximum absolute atomic E-state index is 4.43. The van der Waals surface area contributed by atoms with E-state index < -0.39 is 0 Å². The number of nitrogens with zero attached hydrogens (tertiary/aromatic N) is 4. The van der Waals surface area contributed by atoms with Gasteiger partial charge in [-0.2, -0.15) is 0 Å². The number of fused-ring (bicyclic) bond motifs is 2. The van der Waals surface area contributed by atoms with E-state index in [4.69, 9.17) is 0 Å². The largest absolute Gasteiger partial charge is 0.305 e. The van der Waals surface area contributed by atoms with Crippen LogP contribution in [-0.4, -0.2) is 19.1 Å². The molecule has 2 aromatic heterocycles. The molecule has 0 aliphatic heterocycles. The third-order valence-electron chi connectivity index (χ3n) is 4.48. The van der Waals surface area contributed by atoms with Crippen molar-refractivity contribution in [3.63, 3.8) is 0 Å². The summed E-state index contributed by atoms with van der Waals surface area (Å²) >= 11 is 0. The summed E-state index contributed by atoms with van der Waals surface area (Å²) in [5.41, 5.74) is 4.21. The van der Waals surface area contributed by atoms with Crippen molar-refractivity contribution >= 4 is 34.5 Å². The Morgan fingerprint density at radius 3 is 1.42 bits per heavy atom. The van der Waals surface area contributed by atoms with Crippen LogP contribution in [0.2, 0.25) is 0 Å². The van der Waals surface area contributed by atoms with Crippen LogP contribution in [0.1, 0.15) is 0 Å². The molecule has 4 nitrogen and oxygen atoms in total. The van der Waals surface area contributed by atoms with E-state index in [1.807, 2.05) is 49.1 Å². The van der Waals surface area contributed by atoms with E-state index in [0.29, 0.717) is 0 Å². The second-order valence-electron chi connectivity index (χ2n) is 6.21. The molecule has 0 aliphatic carbocycles. The zero-order valence-corrected chi connectivity index (χ0v) is 14.0. The summed E-state index contributed by atoms with van der Waals surface area (Å²) in [5, 5.41) is 2.25. The predicted molar refractivity (Wildman–Crippen MR) is 105 cm³/mol. The molecule has 0 N–H and O–H groups in total. The molecule has 0 radical (unpaired) electrons. The van der Waals surface area contributed by atoms with Gasteiger partial charge in [0.25, 0.3) is 0 Å². The highest BCUT2D eigenvalue weighted by atomic mass is 15.0. The van der Waals surface area contributed by atoms with Crippen molar-refractivity contribution in [1.29, 1.82) is 0 Å². The van der Waals surface area contributed by atoms with Crippen LogP contribution in [0.25, 0.3) is 34.5 Å². The lowest BCUT2D eigenvalue weighted by atomic mass is 10.2. The van der Waals surface area contributed by atoms with Gasteiger partial charge in [0, 0.05) is 12.4 Å². The molecule has 3 aromatic carbocycles. The van der Waals surface area contributed by atoms with E-state index in [2.05, 4.69) is 67.9 Å². The smallest absolute Gasteiger partial charge is 0.0999 e. The van der Waals surface area contributed by atoms with Gasteiger partial charge in [-0.05, 0) is 34.7 Å². The molecular weight excluding hydrogens is 320 g/mol. The zero-order valence-electron chi connectivity index (χ0n) is 14.0. The van der Waals surface area contributed by atoms with E-state index in [1.165, 1.54) is 0 Å². The first-order chi connectivity index (χ1) is 12.9. The van der Waals surface area contributed by atoms with Crippen LogP contribution in [0, 0.1) is 0 Å². The fourth-order valence-corrected chi connectivity index (χ4v) is 3.15. The summed E-state index contributed by atoms with van der Waals surface area (Å²) in [6.45, 7) is 0. The molecule has 0 amide bonds. The molecule has 5 aromatic rings. The Kier molecular flexibility index (Phi) is 3.39. The molecule has 0 fully saturated rings. The Hall–Kier alpha value is -3.66. The fraction of sp³-hybridized carbons (Fsp3) is 0. The summed E-state index contributed by atoms with van der Waals surface area (Å²) < 4.78 is 4.11. The molecule has 0 saturated heterocycles. The Morgan fingerprint density at radius 1 is 0.538 bits per heavy atom. The highest BCUT2D eigenvalue weighted by Gasteiger charge is 1.99. The van der Waals surface area contributed by atoms with Crippen LogP contribution in [-0.2, 0) is 0 Å². The number of aromatic nitrogens is 4. The minimum absolute atomic E-state index is 1.00. The van der Waals surface area contributed by atoms with Gasteiger partial charge >= 0.3 is 0 Å². The van der Waals surface area contributed by atoms with Gasteiger partial charge < -0.3 is 9.13 Å². The van der Waals surface area contributed by atoms with Gasteiger partial charge in [-0.25, -0.2) is 9.97 Å². The normalized spacial score (nSPS) is 11.1. The van der Waals surface area contributed by atoms with Gasteiger partial charge in [0.05, 0.1) is 34.7 Å². The van der Waals surface area contributed by atoms with E-state index in [1.54, 1.807) is 0 Å². The lowest BCUT2D eigenvalue weighted by Gasteiger charge is -1.97. The number of benzene rings is 3. The lowest BCUT2D eigenvalue weighted by molar-refractivity contribution is 1.16. The molecule has 124 valence electrons. The molecule has 0 atom stereocenters. The van der Waals surface area contributed by atoms with Gasteiger partial charge in [0.15, 0.2) is 0 Å². The average molecular weight is 336 g/mol. The van der Waals surface area contributed by atoms with Crippen LogP contribution < -0.4 is 10.4 Å². The average Bonchev–Trinajstić information content (AvgIpc) is 3.28. The summed E-state index contributed by atoms with van der Waals surface area (Å²) in [5.74, 6) is 0. The van der Waals surface area contributed by atoms with Gasteiger partial charge in [0.2, 0.25) is 0 Å². The Bertz CT molecular complexity index is 1210. The van der Waals surface area contributed by atoms with Crippen molar-refractivity contribution in [2.75, 3.05) is 0 Å². The number of imidazole rings is 2. The minimum atomic E-state index is 1.00. The summed E-state index contributed by atoms with van der Waals surface area (Å²) in [6, 6.07) is 24.7. The lowest BCUT2D eigenvalue weighted by Crippen LogP contribution is -2.10. The molecule has 0 bridgehead atoms. The highest BCUT2D eigenvalue weighted by Crippen LogP contribution is 2.12. The van der Waals surface area contributed by atoms with Gasteiger partial charge in [-0.15, -0.1) is 0 Å². The first-order valence-corrected chi connectivity index (χ1v) is 8.50. The van der Waals surface area contributed by atoms with Gasteiger partial charge in [-0.3, -0.25) is 0 Å². The molecule has 2 heterocycles. The standard InChI is InChI=1S/C22H16N4/c1-3-7-21-19(5-1)23-15-25(21)13-17-9-11-18(12-10-17)14-26-16-24-20-6-2-4-8-22(20)26/h1-16H. The maximum Gasteiger partial charge on any atom is 0.0999 e. The van der Waals surface area contributed by atoms with E-state index in [9.17, 15) is 0 Å². The molecular formula is C22H16N4. The summed E-state index contributed by atoms with van der Waals surface area (Å²) in [7, 11) is 0. The second-order valence-corrected chi connectivity index (χ2v) is 6.21. The number of hydrogen-bond donors (Lipinski definition) is 0.